The first-order valence-electron chi connectivity index (χ1n) is 9.13. The predicted octanol–water partition coefficient (Wildman–Crippen LogP) is 4.77. The summed E-state index contributed by atoms with van der Waals surface area (Å²) in [5.41, 5.74) is 4.32. The van der Waals surface area contributed by atoms with E-state index in [-0.39, 0.29) is 30.4 Å². The van der Waals surface area contributed by atoms with Gasteiger partial charge >= 0.3 is 0 Å². The number of nitro groups is 1. The summed E-state index contributed by atoms with van der Waals surface area (Å²) in [5.74, 6) is -0.224. The Hall–Kier alpha value is -3.59. The fourth-order valence-electron chi connectivity index (χ4n) is 2.67. The maximum atomic E-state index is 12.9. The predicted molar refractivity (Wildman–Crippen MR) is 117 cm³/mol. The summed E-state index contributed by atoms with van der Waals surface area (Å²) in [4.78, 5) is 22.5. The topological polar surface area (TPSA) is 93.8 Å². The summed E-state index contributed by atoms with van der Waals surface area (Å²) in [6.45, 7) is 0.126. The molecule has 0 aliphatic carbocycles. The van der Waals surface area contributed by atoms with Crippen LogP contribution >= 0.6 is 15.9 Å². The van der Waals surface area contributed by atoms with Crippen LogP contribution in [0.1, 0.15) is 16.7 Å². The van der Waals surface area contributed by atoms with Gasteiger partial charge in [-0.2, -0.15) is 5.10 Å². The summed E-state index contributed by atoms with van der Waals surface area (Å²) >= 11 is 3.38. The Bertz CT molecular complexity index is 1120. The molecule has 0 aliphatic heterocycles. The van der Waals surface area contributed by atoms with Crippen molar-refractivity contribution in [2.24, 2.45) is 5.10 Å². The van der Waals surface area contributed by atoms with Crippen molar-refractivity contribution in [3.8, 4) is 5.75 Å². The van der Waals surface area contributed by atoms with Crippen molar-refractivity contribution in [3.63, 3.8) is 0 Å². The van der Waals surface area contributed by atoms with E-state index in [0.717, 1.165) is 4.47 Å². The summed E-state index contributed by atoms with van der Waals surface area (Å²) in [5, 5.41) is 14.9. The highest BCUT2D eigenvalue weighted by Crippen LogP contribution is 2.23. The van der Waals surface area contributed by atoms with Crippen molar-refractivity contribution in [1.29, 1.82) is 0 Å². The number of nitro benzene ring substituents is 1. The molecule has 0 saturated carbocycles. The third-order valence-electron chi connectivity index (χ3n) is 4.16. The Morgan fingerprint density at radius 2 is 1.90 bits per heavy atom. The molecule has 3 aromatic rings. The van der Waals surface area contributed by atoms with Crippen molar-refractivity contribution in [3.05, 3.63) is 104 Å². The summed E-state index contributed by atoms with van der Waals surface area (Å²) in [7, 11) is 0. The Morgan fingerprint density at radius 1 is 1.13 bits per heavy atom. The molecule has 0 aromatic heterocycles. The van der Waals surface area contributed by atoms with Crippen LogP contribution in [-0.4, -0.2) is 17.0 Å². The van der Waals surface area contributed by atoms with Crippen LogP contribution in [0.4, 0.5) is 10.1 Å². The molecule has 1 N–H and O–H groups in total. The van der Waals surface area contributed by atoms with Crippen molar-refractivity contribution in [2.45, 2.75) is 13.0 Å². The Morgan fingerprint density at radius 3 is 2.65 bits per heavy atom. The smallest absolute Gasteiger partial charge is 0.269 e. The first-order chi connectivity index (χ1) is 14.9. The third-order valence-corrected chi connectivity index (χ3v) is 4.65. The number of hydrogen-bond acceptors (Lipinski definition) is 5. The second kappa shape index (κ2) is 10.4. The molecule has 0 atom stereocenters. The van der Waals surface area contributed by atoms with Crippen molar-refractivity contribution in [1.82, 2.24) is 5.43 Å². The lowest BCUT2D eigenvalue weighted by Crippen LogP contribution is -2.19. The number of nitrogens with zero attached hydrogens (tertiary/aromatic N) is 2. The van der Waals surface area contributed by atoms with Crippen LogP contribution in [0.25, 0.3) is 0 Å². The third kappa shape index (κ3) is 6.71. The molecule has 1 amide bonds. The zero-order chi connectivity index (χ0) is 22.2. The number of ether oxygens (including phenoxy) is 1. The number of rotatable bonds is 8. The quantitative estimate of drug-likeness (QED) is 0.282. The molecule has 0 spiro atoms. The molecule has 31 heavy (non-hydrogen) atoms. The molecule has 0 aliphatic rings. The Labute approximate surface area is 185 Å². The molecule has 9 heteroatoms. The van der Waals surface area contributed by atoms with E-state index < -0.39 is 4.92 Å². The molecular formula is C22H17BrFN3O4. The van der Waals surface area contributed by atoms with E-state index in [1.165, 1.54) is 42.6 Å². The van der Waals surface area contributed by atoms with Crippen LogP contribution in [0.3, 0.4) is 0 Å². The molecule has 3 rings (SSSR count). The highest BCUT2D eigenvalue weighted by atomic mass is 79.9. The standard InChI is InChI=1S/C22H17BrFN3O4/c23-18-6-9-21(31-14-16-2-1-3-20(10-16)27(29)30)17(12-18)13-25-26-22(28)11-15-4-7-19(24)8-5-15/h1-10,12-13H,11,14H2,(H,26,28)/b25-13+. The molecule has 0 bridgehead atoms. The molecule has 3 aromatic carbocycles. The van der Waals surface area contributed by atoms with Gasteiger partial charge < -0.3 is 4.74 Å². The second-order valence-corrected chi connectivity index (χ2v) is 7.41. The maximum absolute atomic E-state index is 12.9. The monoisotopic (exact) mass is 485 g/mol. The lowest BCUT2D eigenvalue weighted by atomic mass is 10.1. The van der Waals surface area contributed by atoms with Gasteiger partial charge in [0.25, 0.3) is 5.69 Å². The Balaban J connectivity index is 1.64. The molecule has 0 saturated heterocycles. The van der Waals surface area contributed by atoms with Crippen molar-refractivity contribution < 1.29 is 18.8 Å². The van der Waals surface area contributed by atoms with E-state index in [0.29, 0.717) is 22.4 Å². The van der Waals surface area contributed by atoms with Crippen LogP contribution in [0, 0.1) is 15.9 Å². The van der Waals surface area contributed by atoms with E-state index in [9.17, 15) is 19.3 Å². The number of amides is 1. The van der Waals surface area contributed by atoms with Gasteiger partial charge in [0.2, 0.25) is 5.91 Å². The van der Waals surface area contributed by atoms with Gasteiger partial charge in [-0.15, -0.1) is 0 Å². The van der Waals surface area contributed by atoms with Gasteiger partial charge in [-0.1, -0.05) is 40.2 Å². The number of nitrogens with one attached hydrogen (secondary N) is 1. The van der Waals surface area contributed by atoms with E-state index in [2.05, 4.69) is 26.5 Å². The Kier molecular flexibility index (Phi) is 7.45. The van der Waals surface area contributed by atoms with E-state index >= 15 is 0 Å². The second-order valence-electron chi connectivity index (χ2n) is 6.49. The number of halogens is 2. The number of carbonyl (C=O) groups is 1. The van der Waals surface area contributed by atoms with Crippen LogP contribution < -0.4 is 10.2 Å². The summed E-state index contributed by atoms with van der Waals surface area (Å²) in [6.07, 6.45) is 1.50. The molecule has 0 unspecified atom stereocenters. The maximum Gasteiger partial charge on any atom is 0.269 e. The highest BCUT2D eigenvalue weighted by molar-refractivity contribution is 9.10. The van der Waals surface area contributed by atoms with E-state index in [1.54, 1.807) is 30.3 Å². The number of hydrazone groups is 1. The van der Waals surface area contributed by atoms with Gasteiger partial charge in [-0.25, -0.2) is 9.82 Å². The minimum Gasteiger partial charge on any atom is -0.488 e. The van der Waals surface area contributed by atoms with Gasteiger partial charge in [0.05, 0.1) is 17.6 Å². The normalized spacial score (nSPS) is 10.8. The number of benzene rings is 3. The van der Waals surface area contributed by atoms with E-state index in [1.807, 2.05) is 0 Å². The van der Waals surface area contributed by atoms with Crippen molar-refractivity contribution >= 4 is 33.7 Å². The minimum absolute atomic E-state index is 0.0115. The fourth-order valence-corrected chi connectivity index (χ4v) is 3.05. The zero-order valence-corrected chi connectivity index (χ0v) is 17.7. The molecule has 0 heterocycles. The summed E-state index contributed by atoms with van der Waals surface area (Å²) in [6, 6.07) is 17.1. The minimum atomic E-state index is -0.462. The largest absolute Gasteiger partial charge is 0.488 e. The van der Waals surface area contributed by atoms with Crippen LogP contribution in [0.5, 0.6) is 5.75 Å². The zero-order valence-electron chi connectivity index (χ0n) is 16.1. The first kappa shape index (κ1) is 22.1. The van der Waals surface area contributed by atoms with Crippen LogP contribution in [0.15, 0.2) is 76.3 Å². The average molecular weight is 486 g/mol. The highest BCUT2D eigenvalue weighted by Gasteiger charge is 2.08. The lowest BCUT2D eigenvalue weighted by Gasteiger charge is -2.10. The number of non-ortho nitro benzene ring substituents is 1. The molecular weight excluding hydrogens is 469 g/mol. The first-order valence-corrected chi connectivity index (χ1v) is 9.92. The van der Waals surface area contributed by atoms with Crippen LogP contribution in [-0.2, 0) is 17.8 Å². The van der Waals surface area contributed by atoms with Crippen LogP contribution in [0.2, 0.25) is 0 Å². The van der Waals surface area contributed by atoms with E-state index in [4.69, 9.17) is 4.74 Å². The van der Waals surface area contributed by atoms with Gasteiger partial charge in [-0.05, 0) is 41.5 Å². The van der Waals surface area contributed by atoms with Gasteiger partial charge in [-0.3, -0.25) is 14.9 Å². The molecule has 0 radical (unpaired) electrons. The van der Waals surface area contributed by atoms with Gasteiger partial charge in [0, 0.05) is 22.2 Å². The lowest BCUT2D eigenvalue weighted by molar-refractivity contribution is -0.384. The number of hydrogen-bond donors (Lipinski definition) is 1. The molecule has 0 fully saturated rings. The van der Waals surface area contributed by atoms with Gasteiger partial charge in [0.1, 0.15) is 18.2 Å². The summed E-state index contributed by atoms with van der Waals surface area (Å²) < 4.78 is 19.5. The van der Waals surface area contributed by atoms with Gasteiger partial charge in [0.15, 0.2) is 0 Å². The SMILES string of the molecule is O=C(Cc1ccc(F)cc1)N/N=C/c1cc(Br)ccc1OCc1cccc([N+](=O)[O-])c1. The number of carbonyl (C=O) groups excluding carboxylic acids is 1. The molecule has 7 nitrogen and oxygen atoms in total. The fraction of sp³-hybridized carbons (Fsp3) is 0.0909. The molecule has 158 valence electrons. The van der Waals surface area contributed by atoms with Crippen molar-refractivity contribution in [2.75, 3.05) is 0 Å². The average Bonchev–Trinajstić information content (AvgIpc) is 2.75.